The van der Waals surface area contributed by atoms with Crippen molar-refractivity contribution in [1.29, 1.82) is 0 Å². The lowest BCUT2D eigenvalue weighted by atomic mass is 9.99. The van der Waals surface area contributed by atoms with Crippen LogP contribution in [0.1, 0.15) is 17.2 Å². The second kappa shape index (κ2) is 7.09. The van der Waals surface area contributed by atoms with Crippen LogP contribution in [0.15, 0.2) is 36.4 Å². The van der Waals surface area contributed by atoms with Crippen LogP contribution in [-0.4, -0.2) is 7.11 Å². The van der Waals surface area contributed by atoms with Gasteiger partial charge in [-0.15, -0.1) is 0 Å². The highest BCUT2D eigenvalue weighted by molar-refractivity contribution is 6.42. The number of nitrogens with one attached hydrogen (secondary N) is 1. The highest BCUT2D eigenvalue weighted by atomic mass is 35.5. The Kier molecular flexibility index (Phi) is 5.42. The number of ether oxygens (including phenoxy) is 1. The van der Waals surface area contributed by atoms with Crippen LogP contribution in [0.5, 0.6) is 5.75 Å². The first kappa shape index (κ1) is 16.0. The molecular formula is C15H15Cl2FN2O. The summed E-state index contributed by atoms with van der Waals surface area (Å²) in [6, 6.07) is 9.92. The number of halogens is 3. The highest BCUT2D eigenvalue weighted by Crippen LogP contribution is 2.28. The molecule has 0 radical (unpaired) electrons. The van der Waals surface area contributed by atoms with E-state index in [-0.39, 0.29) is 17.6 Å². The molecule has 0 saturated heterocycles. The molecule has 0 aliphatic rings. The van der Waals surface area contributed by atoms with Gasteiger partial charge in [0.05, 0.1) is 23.2 Å². The molecule has 0 heterocycles. The van der Waals surface area contributed by atoms with E-state index in [9.17, 15) is 4.39 Å². The summed E-state index contributed by atoms with van der Waals surface area (Å²) < 4.78 is 19.2. The zero-order valence-electron chi connectivity index (χ0n) is 11.4. The van der Waals surface area contributed by atoms with E-state index >= 15 is 0 Å². The fourth-order valence-corrected chi connectivity index (χ4v) is 2.40. The van der Waals surface area contributed by atoms with E-state index in [0.717, 1.165) is 5.56 Å². The lowest BCUT2D eigenvalue weighted by Gasteiger charge is -2.18. The lowest BCUT2D eigenvalue weighted by molar-refractivity contribution is 0.382. The average Bonchev–Trinajstić information content (AvgIpc) is 2.49. The van der Waals surface area contributed by atoms with Crippen molar-refractivity contribution in [2.24, 2.45) is 5.84 Å². The maximum absolute atomic E-state index is 14.2. The SMILES string of the molecule is COc1cccc(CC(NN)c2ccc(Cl)c(Cl)c2)c1F. The van der Waals surface area contributed by atoms with E-state index in [1.54, 1.807) is 36.4 Å². The Morgan fingerprint density at radius 1 is 1.24 bits per heavy atom. The fourth-order valence-electron chi connectivity index (χ4n) is 2.09. The van der Waals surface area contributed by atoms with Crippen LogP contribution in [-0.2, 0) is 6.42 Å². The predicted molar refractivity (Wildman–Crippen MR) is 83.2 cm³/mol. The van der Waals surface area contributed by atoms with Gasteiger partial charge in [-0.25, -0.2) is 4.39 Å². The monoisotopic (exact) mass is 328 g/mol. The standard InChI is InChI=1S/C15H15Cl2FN2O/c1-21-14-4-2-3-10(15(14)18)8-13(20-19)9-5-6-11(16)12(17)7-9/h2-7,13,20H,8,19H2,1H3. The Hall–Kier alpha value is -1.33. The van der Waals surface area contributed by atoms with Gasteiger partial charge in [0.25, 0.3) is 0 Å². The van der Waals surface area contributed by atoms with Gasteiger partial charge in [-0.1, -0.05) is 41.4 Å². The molecule has 112 valence electrons. The van der Waals surface area contributed by atoms with E-state index in [1.807, 2.05) is 0 Å². The Balaban J connectivity index is 2.29. The number of nitrogens with two attached hydrogens (primary N) is 1. The Labute approximate surface area is 132 Å². The molecule has 3 N–H and O–H groups in total. The van der Waals surface area contributed by atoms with Gasteiger partial charge in [-0.05, 0) is 35.7 Å². The number of hydrogen-bond acceptors (Lipinski definition) is 3. The zero-order chi connectivity index (χ0) is 15.4. The fraction of sp³-hybridized carbons (Fsp3) is 0.200. The average molecular weight is 329 g/mol. The van der Waals surface area contributed by atoms with Gasteiger partial charge in [-0.3, -0.25) is 11.3 Å². The van der Waals surface area contributed by atoms with Crippen molar-refractivity contribution >= 4 is 23.2 Å². The van der Waals surface area contributed by atoms with Gasteiger partial charge in [0.1, 0.15) is 0 Å². The second-order valence-electron chi connectivity index (χ2n) is 4.53. The normalized spacial score (nSPS) is 12.2. The molecule has 0 aromatic heterocycles. The van der Waals surface area contributed by atoms with Crippen molar-refractivity contribution in [3.63, 3.8) is 0 Å². The number of hydrogen-bond donors (Lipinski definition) is 2. The van der Waals surface area contributed by atoms with Gasteiger partial charge < -0.3 is 4.74 Å². The summed E-state index contributed by atoms with van der Waals surface area (Å²) in [6.45, 7) is 0. The van der Waals surface area contributed by atoms with Gasteiger partial charge >= 0.3 is 0 Å². The first-order valence-electron chi connectivity index (χ1n) is 6.29. The van der Waals surface area contributed by atoms with Crippen molar-refractivity contribution in [2.75, 3.05) is 7.11 Å². The van der Waals surface area contributed by atoms with Crippen molar-refractivity contribution in [3.05, 3.63) is 63.4 Å². The molecule has 0 aliphatic heterocycles. The molecule has 2 aromatic rings. The van der Waals surface area contributed by atoms with Crippen LogP contribution in [0.3, 0.4) is 0 Å². The van der Waals surface area contributed by atoms with Gasteiger partial charge in [0, 0.05) is 0 Å². The van der Waals surface area contributed by atoms with Crippen molar-refractivity contribution in [3.8, 4) is 5.75 Å². The summed E-state index contributed by atoms with van der Waals surface area (Å²) >= 11 is 11.9. The highest BCUT2D eigenvalue weighted by Gasteiger charge is 2.16. The number of benzene rings is 2. The summed E-state index contributed by atoms with van der Waals surface area (Å²) in [5.74, 6) is 5.40. The molecule has 1 unspecified atom stereocenters. The topological polar surface area (TPSA) is 47.3 Å². The maximum atomic E-state index is 14.2. The Morgan fingerprint density at radius 3 is 2.62 bits per heavy atom. The Morgan fingerprint density at radius 2 is 2.00 bits per heavy atom. The minimum Gasteiger partial charge on any atom is -0.494 e. The molecule has 1 atom stereocenters. The molecule has 0 fully saturated rings. The molecule has 21 heavy (non-hydrogen) atoms. The summed E-state index contributed by atoms with van der Waals surface area (Å²) in [5, 5.41) is 0.893. The van der Waals surface area contributed by atoms with Gasteiger partial charge in [0.15, 0.2) is 11.6 Å². The Bertz CT molecular complexity index is 637. The van der Waals surface area contributed by atoms with Crippen LogP contribution in [0.4, 0.5) is 4.39 Å². The minimum absolute atomic E-state index is 0.206. The largest absolute Gasteiger partial charge is 0.494 e. The van der Waals surface area contributed by atoms with Crippen LogP contribution >= 0.6 is 23.2 Å². The first-order valence-corrected chi connectivity index (χ1v) is 7.05. The zero-order valence-corrected chi connectivity index (χ0v) is 12.9. The third-order valence-electron chi connectivity index (χ3n) is 3.23. The lowest BCUT2D eigenvalue weighted by Crippen LogP contribution is -2.29. The van der Waals surface area contributed by atoms with Crippen LogP contribution in [0, 0.1) is 5.82 Å². The van der Waals surface area contributed by atoms with Gasteiger partial charge in [-0.2, -0.15) is 0 Å². The first-order chi connectivity index (χ1) is 10.1. The molecule has 0 saturated carbocycles. The predicted octanol–water partition coefficient (Wildman–Crippen LogP) is 3.89. The molecule has 0 spiro atoms. The van der Waals surface area contributed by atoms with Crippen LogP contribution in [0.2, 0.25) is 10.0 Å². The third-order valence-corrected chi connectivity index (χ3v) is 3.97. The maximum Gasteiger partial charge on any atom is 0.168 e. The molecule has 0 amide bonds. The summed E-state index contributed by atoms with van der Waals surface area (Å²) in [6.07, 6.45) is 0.359. The molecule has 2 rings (SSSR count). The summed E-state index contributed by atoms with van der Waals surface area (Å²) in [5.41, 5.74) is 4.00. The van der Waals surface area contributed by atoms with Crippen LogP contribution in [0.25, 0.3) is 0 Å². The van der Waals surface area contributed by atoms with Crippen LogP contribution < -0.4 is 16.0 Å². The summed E-state index contributed by atoms with van der Waals surface area (Å²) in [4.78, 5) is 0. The number of methoxy groups -OCH3 is 1. The molecule has 2 aromatic carbocycles. The van der Waals surface area contributed by atoms with E-state index in [2.05, 4.69) is 5.43 Å². The van der Waals surface area contributed by atoms with Gasteiger partial charge in [0.2, 0.25) is 0 Å². The number of rotatable bonds is 5. The van der Waals surface area contributed by atoms with E-state index in [1.165, 1.54) is 7.11 Å². The van der Waals surface area contributed by atoms with E-state index in [4.69, 9.17) is 33.8 Å². The summed E-state index contributed by atoms with van der Waals surface area (Å²) in [7, 11) is 1.43. The second-order valence-corrected chi connectivity index (χ2v) is 5.34. The molecule has 0 bridgehead atoms. The smallest absolute Gasteiger partial charge is 0.168 e. The molecule has 0 aliphatic carbocycles. The van der Waals surface area contributed by atoms with Crippen molar-refractivity contribution in [2.45, 2.75) is 12.5 Å². The molecule has 6 heteroatoms. The van der Waals surface area contributed by atoms with E-state index < -0.39 is 0 Å². The van der Waals surface area contributed by atoms with Crippen molar-refractivity contribution in [1.82, 2.24) is 5.43 Å². The number of hydrazine groups is 1. The minimum atomic E-state index is -0.389. The molecular weight excluding hydrogens is 314 g/mol. The van der Waals surface area contributed by atoms with E-state index in [0.29, 0.717) is 22.0 Å². The molecule has 3 nitrogen and oxygen atoms in total. The van der Waals surface area contributed by atoms with Crippen molar-refractivity contribution < 1.29 is 9.13 Å². The quantitative estimate of drug-likeness (QED) is 0.646. The third kappa shape index (κ3) is 3.66.